The van der Waals surface area contributed by atoms with Crippen LogP contribution in [0.1, 0.15) is 44.6 Å². The third kappa shape index (κ3) is 3.33. The van der Waals surface area contributed by atoms with E-state index in [1.54, 1.807) is 0 Å². The summed E-state index contributed by atoms with van der Waals surface area (Å²) in [4.78, 5) is 2.09. The zero-order valence-corrected chi connectivity index (χ0v) is 11.3. The highest BCUT2D eigenvalue weighted by molar-refractivity contribution is 5.21. The minimum absolute atomic E-state index is 0.536. The summed E-state index contributed by atoms with van der Waals surface area (Å²) in [6, 6.07) is 10.4. The van der Waals surface area contributed by atoms with Crippen LogP contribution in [0.2, 0.25) is 0 Å². The van der Waals surface area contributed by atoms with Crippen LogP contribution in [0.25, 0.3) is 0 Å². The minimum Gasteiger partial charge on any atom is -0.454 e. The van der Waals surface area contributed by atoms with Crippen molar-refractivity contribution in [3.8, 4) is 0 Å². The van der Waals surface area contributed by atoms with E-state index in [4.69, 9.17) is 0 Å². The van der Waals surface area contributed by atoms with Crippen molar-refractivity contribution in [2.45, 2.75) is 50.7 Å². The standard InChI is InChI=1S/C16H24NO/c1-16(18,14-9-5-3-6-10-14)13-17(2)15-11-7-4-8-12-15/h3,5-6,9-10,15,18H,2,4,7-8,11-13H2,1H3/q-1. The van der Waals surface area contributed by atoms with Gasteiger partial charge in [0.15, 0.2) is 0 Å². The van der Waals surface area contributed by atoms with Crippen molar-refractivity contribution in [3.05, 3.63) is 42.9 Å². The molecule has 1 aromatic carbocycles. The first kappa shape index (κ1) is 13.6. The summed E-state index contributed by atoms with van der Waals surface area (Å²) in [5.41, 5.74) is 0.148. The van der Waals surface area contributed by atoms with Gasteiger partial charge in [-0.1, -0.05) is 49.6 Å². The van der Waals surface area contributed by atoms with Crippen molar-refractivity contribution in [1.29, 1.82) is 0 Å². The summed E-state index contributed by atoms with van der Waals surface area (Å²) < 4.78 is 0. The van der Waals surface area contributed by atoms with Gasteiger partial charge in [-0.15, -0.1) is 0 Å². The van der Waals surface area contributed by atoms with Crippen molar-refractivity contribution < 1.29 is 5.11 Å². The highest BCUT2D eigenvalue weighted by Crippen LogP contribution is 2.27. The number of benzene rings is 1. The second-order valence-electron chi connectivity index (χ2n) is 5.68. The Bertz CT molecular complexity index is 355. The van der Waals surface area contributed by atoms with Crippen LogP contribution in [0.3, 0.4) is 0 Å². The van der Waals surface area contributed by atoms with Gasteiger partial charge in [0.2, 0.25) is 0 Å². The number of aliphatic hydroxyl groups is 1. The number of nitrogens with zero attached hydrogens (tertiary/aromatic N) is 1. The third-order valence-electron chi connectivity index (χ3n) is 4.00. The molecule has 18 heavy (non-hydrogen) atoms. The van der Waals surface area contributed by atoms with E-state index in [1.165, 1.54) is 32.1 Å². The monoisotopic (exact) mass is 246 g/mol. The molecule has 1 N–H and O–H groups in total. The van der Waals surface area contributed by atoms with Crippen LogP contribution in [0, 0.1) is 7.05 Å². The fraction of sp³-hybridized carbons (Fsp3) is 0.562. The fourth-order valence-corrected chi connectivity index (χ4v) is 2.86. The van der Waals surface area contributed by atoms with Gasteiger partial charge >= 0.3 is 0 Å². The molecular weight excluding hydrogens is 222 g/mol. The first-order valence-electron chi connectivity index (χ1n) is 6.94. The van der Waals surface area contributed by atoms with Crippen molar-refractivity contribution >= 4 is 0 Å². The Kier molecular flexibility index (Phi) is 4.41. The predicted molar refractivity (Wildman–Crippen MR) is 74.9 cm³/mol. The molecule has 1 aromatic rings. The SMILES string of the molecule is [CH2-]N(CC(C)(O)c1ccccc1)C1CCCCC1. The maximum atomic E-state index is 10.6. The molecule has 1 aliphatic carbocycles. The molecule has 1 fully saturated rings. The predicted octanol–water partition coefficient (Wildman–Crippen LogP) is 3.32. The van der Waals surface area contributed by atoms with E-state index in [-0.39, 0.29) is 0 Å². The van der Waals surface area contributed by atoms with Gasteiger partial charge in [0, 0.05) is 6.54 Å². The zero-order valence-electron chi connectivity index (χ0n) is 11.3. The molecule has 1 aliphatic rings. The Balaban J connectivity index is 1.98. The molecular formula is C16H24NO-. The third-order valence-corrected chi connectivity index (χ3v) is 4.00. The smallest absolute Gasteiger partial charge is 0.0970 e. The van der Waals surface area contributed by atoms with Gasteiger partial charge in [-0.2, -0.15) is 0 Å². The molecule has 0 bridgehead atoms. The topological polar surface area (TPSA) is 23.5 Å². The number of rotatable bonds is 4. The van der Waals surface area contributed by atoms with Crippen molar-refractivity contribution in [1.82, 2.24) is 4.90 Å². The highest BCUT2D eigenvalue weighted by atomic mass is 16.3. The van der Waals surface area contributed by atoms with Crippen LogP contribution in [0.15, 0.2) is 30.3 Å². The lowest BCUT2D eigenvalue weighted by atomic mass is 9.91. The Hall–Kier alpha value is -0.860. The minimum atomic E-state index is -0.819. The van der Waals surface area contributed by atoms with E-state index in [1.807, 2.05) is 37.3 Å². The molecule has 2 heteroatoms. The highest BCUT2D eigenvalue weighted by Gasteiger charge is 2.25. The summed E-state index contributed by atoms with van der Waals surface area (Å²) in [5.74, 6) is 0. The maximum absolute atomic E-state index is 10.6. The lowest BCUT2D eigenvalue weighted by Crippen LogP contribution is -2.41. The Morgan fingerprint density at radius 1 is 1.22 bits per heavy atom. The van der Waals surface area contributed by atoms with Crippen LogP contribution < -0.4 is 0 Å². The average Bonchev–Trinajstić information content (AvgIpc) is 2.40. The Labute approximate surface area is 111 Å². The van der Waals surface area contributed by atoms with E-state index in [9.17, 15) is 5.11 Å². The largest absolute Gasteiger partial charge is 0.454 e. The van der Waals surface area contributed by atoms with E-state index >= 15 is 0 Å². The van der Waals surface area contributed by atoms with Crippen LogP contribution >= 0.6 is 0 Å². The average molecular weight is 246 g/mol. The second kappa shape index (κ2) is 5.85. The van der Waals surface area contributed by atoms with E-state index in [0.717, 1.165) is 5.56 Å². The molecule has 0 radical (unpaired) electrons. The molecule has 1 saturated carbocycles. The molecule has 2 nitrogen and oxygen atoms in total. The molecule has 0 amide bonds. The van der Waals surface area contributed by atoms with Gasteiger partial charge in [0.05, 0.1) is 5.60 Å². The summed E-state index contributed by atoms with van der Waals surface area (Å²) in [6.07, 6.45) is 6.37. The van der Waals surface area contributed by atoms with Crippen molar-refractivity contribution in [2.24, 2.45) is 0 Å². The molecule has 1 unspecified atom stereocenters. The molecule has 1 atom stereocenters. The molecule has 0 aromatic heterocycles. The Morgan fingerprint density at radius 2 is 1.83 bits per heavy atom. The summed E-state index contributed by atoms with van der Waals surface area (Å²) in [5, 5.41) is 10.6. The van der Waals surface area contributed by atoms with Crippen molar-refractivity contribution in [3.63, 3.8) is 0 Å². The normalized spacial score (nSPS) is 20.9. The van der Waals surface area contributed by atoms with Crippen LogP contribution in [0.5, 0.6) is 0 Å². The van der Waals surface area contributed by atoms with Gasteiger partial charge in [0.25, 0.3) is 0 Å². The summed E-state index contributed by atoms with van der Waals surface area (Å²) >= 11 is 0. The van der Waals surface area contributed by atoms with Gasteiger partial charge < -0.3 is 10.0 Å². The van der Waals surface area contributed by atoms with Gasteiger partial charge in [-0.3, -0.25) is 7.05 Å². The molecule has 100 valence electrons. The second-order valence-corrected chi connectivity index (χ2v) is 5.68. The first-order chi connectivity index (χ1) is 8.59. The lowest BCUT2D eigenvalue weighted by Gasteiger charge is -2.42. The first-order valence-corrected chi connectivity index (χ1v) is 6.94. The number of hydrogen-bond acceptors (Lipinski definition) is 2. The van der Waals surface area contributed by atoms with Crippen LogP contribution in [0.4, 0.5) is 0 Å². The number of hydrogen-bond donors (Lipinski definition) is 1. The molecule has 2 rings (SSSR count). The van der Waals surface area contributed by atoms with E-state index < -0.39 is 5.60 Å². The zero-order chi connectivity index (χ0) is 13.0. The fourth-order valence-electron chi connectivity index (χ4n) is 2.86. The molecule has 0 saturated heterocycles. The van der Waals surface area contributed by atoms with E-state index in [2.05, 4.69) is 11.9 Å². The van der Waals surface area contributed by atoms with Crippen molar-refractivity contribution in [2.75, 3.05) is 6.54 Å². The molecule has 0 heterocycles. The van der Waals surface area contributed by atoms with E-state index in [0.29, 0.717) is 12.6 Å². The Morgan fingerprint density at radius 3 is 2.44 bits per heavy atom. The summed E-state index contributed by atoms with van der Waals surface area (Å²) in [6.45, 7) is 2.48. The lowest BCUT2D eigenvalue weighted by molar-refractivity contribution is 0.0129. The quantitative estimate of drug-likeness (QED) is 0.824. The van der Waals surface area contributed by atoms with Gasteiger partial charge in [-0.25, -0.2) is 0 Å². The molecule has 0 aliphatic heterocycles. The molecule has 0 spiro atoms. The van der Waals surface area contributed by atoms with Crippen LogP contribution in [-0.2, 0) is 5.60 Å². The van der Waals surface area contributed by atoms with Crippen LogP contribution in [-0.4, -0.2) is 22.6 Å². The van der Waals surface area contributed by atoms with Gasteiger partial charge in [-0.05, 0) is 31.4 Å². The summed E-state index contributed by atoms with van der Waals surface area (Å²) in [7, 11) is 4.15. The maximum Gasteiger partial charge on any atom is 0.0970 e. The van der Waals surface area contributed by atoms with Gasteiger partial charge in [0.1, 0.15) is 0 Å².